The average Bonchev–Trinajstić information content (AvgIpc) is 2.59. The van der Waals surface area contributed by atoms with Crippen LogP contribution in [0.15, 0.2) is 17.2 Å². The molecule has 0 fully saturated rings. The number of amides is 1. The lowest BCUT2D eigenvalue weighted by Crippen LogP contribution is -2.20. The molecule has 0 saturated carbocycles. The van der Waals surface area contributed by atoms with E-state index in [2.05, 4.69) is 10.4 Å². The van der Waals surface area contributed by atoms with Crippen molar-refractivity contribution in [1.29, 1.82) is 0 Å². The molecule has 1 aliphatic heterocycles. The Bertz CT molecular complexity index is 493. The fraction of sp³-hybridized carbons (Fsp3) is 0.200. The molecule has 17 heavy (non-hydrogen) atoms. The number of carbonyl (C=O) groups is 1. The lowest BCUT2D eigenvalue weighted by Gasteiger charge is -2.15. The first kappa shape index (κ1) is 12.5. The Balaban J connectivity index is 2.48. The third kappa shape index (κ3) is 2.34. The van der Waals surface area contributed by atoms with Gasteiger partial charge in [0, 0.05) is 12.1 Å². The number of nitrogens with one attached hydrogen (secondary N) is 1. The van der Waals surface area contributed by atoms with Gasteiger partial charge in [-0.2, -0.15) is 10.1 Å². The summed E-state index contributed by atoms with van der Waals surface area (Å²) in [7, 11) is 1.70. The van der Waals surface area contributed by atoms with E-state index in [1.54, 1.807) is 7.05 Å². The topological polar surface area (TPSA) is 44.7 Å². The maximum absolute atomic E-state index is 11.8. The molecule has 90 valence electrons. The Kier molecular flexibility index (Phi) is 3.47. The van der Waals surface area contributed by atoms with E-state index in [9.17, 15) is 4.79 Å². The summed E-state index contributed by atoms with van der Waals surface area (Å²) in [6, 6.07) is 3.04. The quantitative estimate of drug-likeness (QED) is 0.865. The van der Waals surface area contributed by atoms with E-state index in [-0.39, 0.29) is 22.4 Å². The van der Waals surface area contributed by atoms with Crippen LogP contribution < -0.4 is 10.3 Å². The standard InChI is InChI=1S/C10H8Cl3N3O/c1-14-8-4-9(17)16(15-8)10-6(12)2-5(11)3-7(10)13/h2-3H,4H2,1H3,(H,14,15). The van der Waals surface area contributed by atoms with Gasteiger partial charge in [0.05, 0.1) is 16.5 Å². The molecule has 0 atom stereocenters. The van der Waals surface area contributed by atoms with Crippen LogP contribution in [0.1, 0.15) is 6.42 Å². The van der Waals surface area contributed by atoms with Crippen molar-refractivity contribution in [3.05, 3.63) is 27.2 Å². The Morgan fingerprint density at radius 1 is 1.29 bits per heavy atom. The molecule has 0 spiro atoms. The van der Waals surface area contributed by atoms with Gasteiger partial charge in [0.1, 0.15) is 11.5 Å². The molecule has 1 amide bonds. The molecule has 1 heterocycles. The molecule has 1 aromatic rings. The Hall–Kier alpha value is -0.970. The minimum atomic E-state index is -0.194. The van der Waals surface area contributed by atoms with Crippen molar-refractivity contribution in [2.75, 3.05) is 12.1 Å². The second-order valence-corrected chi connectivity index (χ2v) is 4.65. The number of halogens is 3. The van der Waals surface area contributed by atoms with Gasteiger partial charge in [0.15, 0.2) is 0 Å². The second kappa shape index (κ2) is 4.72. The lowest BCUT2D eigenvalue weighted by molar-refractivity contribution is -0.116. The summed E-state index contributed by atoms with van der Waals surface area (Å²) in [4.78, 5) is 11.8. The van der Waals surface area contributed by atoms with Crippen LogP contribution >= 0.6 is 34.8 Å². The summed E-state index contributed by atoms with van der Waals surface area (Å²) in [5.74, 6) is 0.373. The molecule has 0 radical (unpaired) electrons. The van der Waals surface area contributed by atoms with Gasteiger partial charge < -0.3 is 5.32 Å². The smallest absolute Gasteiger partial charge is 0.255 e. The third-order valence-electron chi connectivity index (χ3n) is 2.26. The molecule has 1 N–H and O–H groups in total. The molecule has 2 rings (SSSR count). The van der Waals surface area contributed by atoms with Crippen LogP contribution in [0.5, 0.6) is 0 Å². The van der Waals surface area contributed by atoms with Gasteiger partial charge in [-0.3, -0.25) is 4.79 Å². The van der Waals surface area contributed by atoms with Crippen LogP contribution in [-0.4, -0.2) is 18.8 Å². The van der Waals surface area contributed by atoms with Crippen LogP contribution in [0.3, 0.4) is 0 Å². The molecule has 0 bridgehead atoms. The largest absolute Gasteiger partial charge is 0.375 e. The molecule has 1 aromatic carbocycles. The summed E-state index contributed by atoms with van der Waals surface area (Å²) >= 11 is 17.8. The van der Waals surface area contributed by atoms with E-state index < -0.39 is 0 Å². The van der Waals surface area contributed by atoms with E-state index in [4.69, 9.17) is 34.8 Å². The first-order valence-corrected chi connectivity index (χ1v) is 5.89. The number of nitrogens with zero attached hydrogens (tertiary/aromatic N) is 2. The van der Waals surface area contributed by atoms with Gasteiger partial charge in [0.2, 0.25) is 0 Å². The van der Waals surface area contributed by atoms with Gasteiger partial charge >= 0.3 is 0 Å². The van der Waals surface area contributed by atoms with Gasteiger partial charge in [0.25, 0.3) is 5.91 Å². The number of hydrazone groups is 1. The fourth-order valence-electron chi connectivity index (χ4n) is 1.48. The zero-order valence-corrected chi connectivity index (χ0v) is 11.1. The zero-order chi connectivity index (χ0) is 12.6. The van der Waals surface area contributed by atoms with Crippen LogP contribution in [0.2, 0.25) is 15.1 Å². The number of hydrogen-bond acceptors (Lipinski definition) is 3. The van der Waals surface area contributed by atoms with E-state index >= 15 is 0 Å². The molecule has 4 nitrogen and oxygen atoms in total. The Morgan fingerprint density at radius 3 is 2.35 bits per heavy atom. The average molecular weight is 293 g/mol. The summed E-state index contributed by atoms with van der Waals surface area (Å²) in [5.41, 5.74) is 0.355. The molecular weight excluding hydrogens is 284 g/mol. The van der Waals surface area contributed by atoms with Crippen LogP contribution in [-0.2, 0) is 4.79 Å². The number of hydrogen-bond donors (Lipinski definition) is 1. The van der Waals surface area contributed by atoms with Gasteiger partial charge in [-0.25, -0.2) is 0 Å². The van der Waals surface area contributed by atoms with Crippen molar-refractivity contribution in [2.24, 2.45) is 5.10 Å². The summed E-state index contributed by atoms with van der Waals surface area (Å²) in [6.45, 7) is 0. The molecular formula is C10H8Cl3N3O. The van der Waals surface area contributed by atoms with Crippen LogP contribution in [0.4, 0.5) is 5.69 Å². The highest BCUT2D eigenvalue weighted by Crippen LogP contribution is 2.38. The summed E-state index contributed by atoms with van der Waals surface area (Å²) < 4.78 is 0. The van der Waals surface area contributed by atoms with Crippen molar-refractivity contribution in [3.8, 4) is 0 Å². The van der Waals surface area contributed by atoms with Crippen molar-refractivity contribution >= 4 is 52.2 Å². The maximum atomic E-state index is 11.8. The molecule has 0 aromatic heterocycles. The summed E-state index contributed by atoms with van der Waals surface area (Å²) in [6.07, 6.45) is 0.200. The number of benzene rings is 1. The predicted molar refractivity (Wildman–Crippen MR) is 70.1 cm³/mol. The van der Waals surface area contributed by atoms with Gasteiger partial charge in [-0.1, -0.05) is 34.8 Å². The SMILES string of the molecule is CNC1=NN(c2c(Cl)cc(Cl)cc2Cl)C(=O)C1. The Labute approximate surface area is 113 Å². The van der Waals surface area contributed by atoms with Crippen molar-refractivity contribution < 1.29 is 4.79 Å². The zero-order valence-electron chi connectivity index (χ0n) is 8.80. The van der Waals surface area contributed by atoms with E-state index in [0.717, 1.165) is 0 Å². The summed E-state index contributed by atoms with van der Waals surface area (Å²) in [5, 5.41) is 9.08. The number of carbonyl (C=O) groups excluding carboxylic acids is 1. The molecule has 0 saturated heterocycles. The highest BCUT2D eigenvalue weighted by atomic mass is 35.5. The fourth-order valence-corrected chi connectivity index (χ4v) is 2.46. The van der Waals surface area contributed by atoms with Crippen LogP contribution in [0.25, 0.3) is 0 Å². The highest BCUT2D eigenvalue weighted by Gasteiger charge is 2.28. The molecule has 7 heteroatoms. The first-order valence-electron chi connectivity index (χ1n) is 4.75. The second-order valence-electron chi connectivity index (χ2n) is 3.40. The minimum Gasteiger partial charge on any atom is -0.375 e. The third-order valence-corrected chi connectivity index (χ3v) is 3.05. The van der Waals surface area contributed by atoms with Crippen molar-refractivity contribution in [1.82, 2.24) is 5.32 Å². The minimum absolute atomic E-state index is 0.194. The number of anilines is 1. The normalized spacial score (nSPS) is 15.2. The number of rotatable bonds is 1. The van der Waals surface area contributed by atoms with Gasteiger partial charge in [-0.15, -0.1) is 0 Å². The maximum Gasteiger partial charge on any atom is 0.255 e. The molecule has 0 aliphatic carbocycles. The van der Waals surface area contributed by atoms with E-state index in [0.29, 0.717) is 16.5 Å². The molecule has 0 unspecified atom stereocenters. The van der Waals surface area contributed by atoms with E-state index in [1.807, 2.05) is 0 Å². The highest BCUT2D eigenvalue weighted by molar-refractivity contribution is 6.42. The monoisotopic (exact) mass is 291 g/mol. The van der Waals surface area contributed by atoms with Crippen LogP contribution in [0, 0.1) is 0 Å². The van der Waals surface area contributed by atoms with E-state index in [1.165, 1.54) is 17.1 Å². The predicted octanol–water partition coefficient (Wildman–Crippen LogP) is 2.92. The van der Waals surface area contributed by atoms with Gasteiger partial charge in [-0.05, 0) is 12.1 Å². The Morgan fingerprint density at radius 2 is 1.88 bits per heavy atom. The first-order chi connectivity index (χ1) is 8.02. The molecule has 1 aliphatic rings. The number of amidine groups is 1. The van der Waals surface area contributed by atoms with Crippen molar-refractivity contribution in [3.63, 3.8) is 0 Å². The lowest BCUT2D eigenvalue weighted by atomic mass is 10.3. The van der Waals surface area contributed by atoms with Crippen molar-refractivity contribution in [2.45, 2.75) is 6.42 Å².